The first-order chi connectivity index (χ1) is 16.1. The van der Waals surface area contributed by atoms with Gasteiger partial charge >= 0.3 is 6.09 Å². The maximum Gasteiger partial charge on any atom is 0.408 e. The number of benzene rings is 2. The fourth-order valence-corrected chi connectivity index (χ4v) is 3.40. The SMILES string of the molecule is COc1ccc(C[C@@H](NC(=O)OC(C)(C)C)C(=O)Nc2ccc(N3CCOCC3=O)cc2)cc1. The monoisotopic (exact) mass is 469 g/mol. The number of amides is 3. The Hall–Kier alpha value is -3.59. The quantitative estimate of drug-likeness (QED) is 0.645. The van der Waals surface area contributed by atoms with Gasteiger partial charge < -0.3 is 29.7 Å². The van der Waals surface area contributed by atoms with E-state index in [0.29, 0.717) is 24.6 Å². The summed E-state index contributed by atoms with van der Waals surface area (Å²) in [7, 11) is 1.58. The highest BCUT2D eigenvalue weighted by atomic mass is 16.6. The van der Waals surface area contributed by atoms with Crippen LogP contribution in [0.1, 0.15) is 26.3 Å². The first-order valence-corrected chi connectivity index (χ1v) is 11.1. The fraction of sp³-hybridized carbons (Fsp3) is 0.400. The molecule has 0 unspecified atom stereocenters. The molecular formula is C25H31N3O6. The third-order valence-corrected chi connectivity index (χ3v) is 5.04. The molecule has 0 radical (unpaired) electrons. The minimum absolute atomic E-state index is 0.0574. The van der Waals surface area contributed by atoms with Crippen molar-refractivity contribution < 1.29 is 28.6 Å². The van der Waals surface area contributed by atoms with Gasteiger partial charge in [0, 0.05) is 24.3 Å². The van der Waals surface area contributed by atoms with E-state index in [1.165, 1.54) is 0 Å². The zero-order valence-electron chi connectivity index (χ0n) is 19.9. The Balaban J connectivity index is 1.71. The molecule has 9 nitrogen and oxygen atoms in total. The van der Waals surface area contributed by atoms with Crippen LogP contribution in [0.4, 0.5) is 16.2 Å². The summed E-state index contributed by atoms with van der Waals surface area (Å²) in [5, 5.41) is 5.50. The van der Waals surface area contributed by atoms with Crippen molar-refractivity contribution in [3.8, 4) is 5.75 Å². The number of carbonyl (C=O) groups is 3. The van der Waals surface area contributed by atoms with Gasteiger partial charge in [0.05, 0.1) is 13.7 Å². The number of nitrogens with zero attached hydrogens (tertiary/aromatic N) is 1. The van der Waals surface area contributed by atoms with Crippen LogP contribution in [0.2, 0.25) is 0 Å². The van der Waals surface area contributed by atoms with Gasteiger partial charge in [-0.15, -0.1) is 0 Å². The molecule has 0 saturated carbocycles. The van der Waals surface area contributed by atoms with Crippen molar-refractivity contribution in [2.24, 2.45) is 0 Å². The van der Waals surface area contributed by atoms with E-state index in [0.717, 1.165) is 11.3 Å². The molecule has 0 aliphatic carbocycles. The topological polar surface area (TPSA) is 106 Å². The van der Waals surface area contributed by atoms with Gasteiger partial charge in [0.15, 0.2) is 0 Å². The molecule has 3 rings (SSSR count). The molecular weight excluding hydrogens is 438 g/mol. The van der Waals surface area contributed by atoms with Crippen molar-refractivity contribution in [2.75, 3.05) is 37.1 Å². The summed E-state index contributed by atoms with van der Waals surface area (Å²) in [6, 6.07) is 13.4. The second kappa shape index (κ2) is 11.0. The molecule has 1 heterocycles. The number of alkyl carbamates (subject to hydrolysis) is 1. The van der Waals surface area contributed by atoms with Gasteiger partial charge in [-0.1, -0.05) is 12.1 Å². The first-order valence-electron chi connectivity index (χ1n) is 11.1. The maximum atomic E-state index is 13.1. The molecule has 2 N–H and O–H groups in total. The normalized spacial score (nSPS) is 14.8. The van der Waals surface area contributed by atoms with Crippen LogP contribution >= 0.6 is 0 Å². The molecule has 1 saturated heterocycles. The average molecular weight is 470 g/mol. The first kappa shape index (κ1) is 25.0. The van der Waals surface area contributed by atoms with Gasteiger partial charge in [0.2, 0.25) is 5.91 Å². The molecule has 1 aliphatic heterocycles. The number of rotatable bonds is 7. The van der Waals surface area contributed by atoms with Gasteiger partial charge in [-0.05, 0) is 62.7 Å². The van der Waals surface area contributed by atoms with E-state index in [1.54, 1.807) is 69.2 Å². The summed E-state index contributed by atoms with van der Waals surface area (Å²) in [6.07, 6.45) is -0.419. The highest BCUT2D eigenvalue weighted by molar-refractivity contribution is 5.98. The third-order valence-electron chi connectivity index (χ3n) is 5.04. The van der Waals surface area contributed by atoms with Crippen molar-refractivity contribution in [2.45, 2.75) is 38.8 Å². The fourth-order valence-electron chi connectivity index (χ4n) is 3.40. The van der Waals surface area contributed by atoms with E-state index < -0.39 is 23.6 Å². The Bertz CT molecular complexity index is 999. The van der Waals surface area contributed by atoms with E-state index in [4.69, 9.17) is 14.2 Å². The number of hydrogen-bond acceptors (Lipinski definition) is 6. The highest BCUT2D eigenvalue weighted by Crippen LogP contribution is 2.20. The molecule has 2 aromatic rings. The molecule has 1 aliphatic rings. The van der Waals surface area contributed by atoms with E-state index in [1.807, 2.05) is 12.1 Å². The van der Waals surface area contributed by atoms with Crippen LogP contribution in [0.15, 0.2) is 48.5 Å². The summed E-state index contributed by atoms with van der Waals surface area (Å²) < 4.78 is 15.7. The molecule has 9 heteroatoms. The van der Waals surface area contributed by atoms with E-state index in [9.17, 15) is 14.4 Å². The van der Waals surface area contributed by atoms with Gasteiger partial charge in [0.25, 0.3) is 5.91 Å². The minimum Gasteiger partial charge on any atom is -0.497 e. The van der Waals surface area contributed by atoms with Crippen LogP contribution in [0.25, 0.3) is 0 Å². The smallest absolute Gasteiger partial charge is 0.408 e. The number of ether oxygens (including phenoxy) is 3. The summed E-state index contributed by atoms with van der Waals surface area (Å²) in [5.74, 6) is 0.199. The Morgan fingerprint density at radius 1 is 1.09 bits per heavy atom. The third kappa shape index (κ3) is 7.21. The van der Waals surface area contributed by atoms with Crippen LogP contribution < -0.4 is 20.3 Å². The molecule has 34 heavy (non-hydrogen) atoms. The Morgan fingerprint density at radius 3 is 2.35 bits per heavy atom. The second-order valence-corrected chi connectivity index (χ2v) is 8.89. The molecule has 1 fully saturated rings. The minimum atomic E-state index is -0.872. The molecule has 2 aromatic carbocycles. The number of morpholine rings is 1. The summed E-state index contributed by atoms with van der Waals surface area (Å²) in [4.78, 5) is 39.2. The predicted octanol–water partition coefficient (Wildman–Crippen LogP) is 3.13. The second-order valence-electron chi connectivity index (χ2n) is 8.89. The number of hydrogen-bond donors (Lipinski definition) is 2. The van der Waals surface area contributed by atoms with Crippen molar-refractivity contribution in [1.29, 1.82) is 0 Å². The summed E-state index contributed by atoms with van der Waals surface area (Å²) in [6.45, 7) is 6.29. The molecule has 0 bridgehead atoms. The Kier molecular flexibility index (Phi) is 8.12. The lowest BCUT2D eigenvalue weighted by Gasteiger charge is -2.27. The standard InChI is InChI=1S/C25H31N3O6/c1-25(2,3)34-24(31)27-21(15-17-5-11-20(32-4)12-6-17)23(30)26-18-7-9-19(10-8-18)28-13-14-33-16-22(28)29/h5-12,21H,13-16H2,1-4H3,(H,26,30)(H,27,31)/t21-/m1/s1. The van der Waals surface area contributed by atoms with Gasteiger partial charge in [-0.2, -0.15) is 0 Å². The van der Waals surface area contributed by atoms with Crippen molar-refractivity contribution in [3.63, 3.8) is 0 Å². The van der Waals surface area contributed by atoms with Crippen LogP contribution in [-0.4, -0.2) is 56.4 Å². The molecule has 1 atom stereocenters. The Labute approximate surface area is 199 Å². The van der Waals surface area contributed by atoms with E-state index in [2.05, 4.69) is 10.6 Å². The number of carbonyl (C=O) groups excluding carboxylic acids is 3. The number of anilines is 2. The van der Waals surface area contributed by atoms with Gasteiger partial charge in [-0.25, -0.2) is 4.79 Å². The Morgan fingerprint density at radius 2 is 1.76 bits per heavy atom. The van der Waals surface area contributed by atoms with Crippen molar-refractivity contribution in [1.82, 2.24) is 5.32 Å². The van der Waals surface area contributed by atoms with Crippen molar-refractivity contribution in [3.05, 3.63) is 54.1 Å². The lowest BCUT2D eigenvalue weighted by Crippen LogP contribution is -2.47. The highest BCUT2D eigenvalue weighted by Gasteiger charge is 2.25. The van der Waals surface area contributed by atoms with E-state index >= 15 is 0 Å². The van der Waals surface area contributed by atoms with Crippen LogP contribution in [0.5, 0.6) is 5.75 Å². The number of nitrogens with one attached hydrogen (secondary N) is 2. The van der Waals surface area contributed by atoms with E-state index in [-0.39, 0.29) is 18.9 Å². The molecule has 0 aromatic heterocycles. The summed E-state index contributed by atoms with van der Waals surface area (Å²) >= 11 is 0. The zero-order valence-corrected chi connectivity index (χ0v) is 19.9. The largest absolute Gasteiger partial charge is 0.497 e. The van der Waals surface area contributed by atoms with Gasteiger partial charge in [0.1, 0.15) is 24.0 Å². The summed E-state index contributed by atoms with van der Waals surface area (Å²) in [5.41, 5.74) is 1.42. The van der Waals surface area contributed by atoms with Gasteiger partial charge in [-0.3, -0.25) is 9.59 Å². The van der Waals surface area contributed by atoms with Crippen LogP contribution in [-0.2, 0) is 25.5 Å². The molecule has 182 valence electrons. The average Bonchev–Trinajstić information content (AvgIpc) is 2.79. The van der Waals surface area contributed by atoms with Crippen molar-refractivity contribution >= 4 is 29.3 Å². The lowest BCUT2D eigenvalue weighted by atomic mass is 10.0. The lowest BCUT2D eigenvalue weighted by molar-refractivity contribution is -0.125. The van der Waals surface area contributed by atoms with Crippen LogP contribution in [0.3, 0.4) is 0 Å². The predicted molar refractivity (Wildman–Crippen MR) is 128 cm³/mol. The number of methoxy groups -OCH3 is 1. The maximum absolute atomic E-state index is 13.1. The zero-order chi connectivity index (χ0) is 24.7. The molecule has 0 spiro atoms. The molecule has 3 amide bonds. The van der Waals surface area contributed by atoms with Crippen LogP contribution in [0, 0.1) is 0 Å².